The van der Waals surface area contributed by atoms with Crippen LogP contribution in [-0.4, -0.2) is 16.0 Å². The molecule has 0 aliphatic rings. The average Bonchev–Trinajstić information content (AvgIpc) is 3.04. The van der Waals surface area contributed by atoms with Gasteiger partial charge in [0, 0.05) is 10.6 Å². The normalized spacial score (nSPS) is 10.5. The van der Waals surface area contributed by atoms with E-state index in [1.807, 2.05) is 6.07 Å². The van der Waals surface area contributed by atoms with E-state index in [-0.39, 0.29) is 5.89 Å². The number of hydrogen-bond acceptors (Lipinski definition) is 5. The van der Waals surface area contributed by atoms with Crippen LogP contribution in [0.3, 0.4) is 0 Å². The summed E-state index contributed by atoms with van der Waals surface area (Å²) in [5, 5.41) is 4.50. The molecule has 0 aliphatic heterocycles. The topological polar surface area (TPSA) is 94.0 Å². The van der Waals surface area contributed by atoms with Gasteiger partial charge < -0.3 is 4.52 Å². The van der Waals surface area contributed by atoms with Crippen LogP contribution in [0.2, 0.25) is 5.02 Å². The predicted octanol–water partition coefficient (Wildman–Crippen LogP) is 2.66. The quantitative estimate of drug-likeness (QED) is 0.440. The number of hydrogen-bond donors (Lipinski definition) is 2. The number of carbonyl (C=O) groups excluding carboxylic acids is 1. The van der Waals surface area contributed by atoms with E-state index in [0.717, 1.165) is 5.56 Å². The summed E-state index contributed by atoms with van der Waals surface area (Å²) in [6.45, 7) is 0. The van der Waals surface area contributed by atoms with Crippen LogP contribution in [0.1, 0.15) is 10.4 Å². The van der Waals surface area contributed by atoms with Gasteiger partial charge in [-0.3, -0.25) is 10.2 Å². The zero-order valence-electron chi connectivity index (χ0n) is 11.3. The Labute approximate surface area is 130 Å². The minimum Gasteiger partial charge on any atom is -0.334 e. The number of nitrogens with one attached hydrogen (secondary N) is 1. The third-order valence-electron chi connectivity index (χ3n) is 3.04. The number of aromatic nitrogens is 2. The zero-order valence-corrected chi connectivity index (χ0v) is 12.0. The molecular formula is C15H11ClN4O2. The summed E-state index contributed by atoms with van der Waals surface area (Å²) >= 11 is 5.95. The monoisotopic (exact) mass is 314 g/mol. The van der Waals surface area contributed by atoms with E-state index in [2.05, 4.69) is 15.6 Å². The molecule has 1 aromatic heterocycles. The number of benzene rings is 2. The van der Waals surface area contributed by atoms with Crippen LogP contribution in [0.15, 0.2) is 53.1 Å². The van der Waals surface area contributed by atoms with E-state index < -0.39 is 5.91 Å². The van der Waals surface area contributed by atoms with Gasteiger partial charge in [-0.2, -0.15) is 4.98 Å². The number of nitrogens with zero attached hydrogens (tertiary/aromatic N) is 2. The highest BCUT2D eigenvalue weighted by Crippen LogP contribution is 2.26. The Morgan fingerprint density at radius 3 is 2.77 bits per heavy atom. The first kappa shape index (κ1) is 14.2. The molecule has 3 aromatic rings. The molecule has 0 spiro atoms. The second-order valence-electron chi connectivity index (χ2n) is 4.45. The van der Waals surface area contributed by atoms with Gasteiger partial charge >= 0.3 is 0 Å². The van der Waals surface area contributed by atoms with Crippen LogP contribution in [-0.2, 0) is 0 Å². The van der Waals surface area contributed by atoms with Crippen molar-refractivity contribution in [2.45, 2.75) is 0 Å². The minimum atomic E-state index is -0.432. The molecule has 1 heterocycles. The molecule has 0 saturated heterocycles. The van der Waals surface area contributed by atoms with E-state index in [1.54, 1.807) is 42.5 Å². The van der Waals surface area contributed by atoms with Gasteiger partial charge in [-0.1, -0.05) is 41.0 Å². The zero-order chi connectivity index (χ0) is 15.5. The molecule has 0 bridgehead atoms. The molecule has 7 heteroatoms. The van der Waals surface area contributed by atoms with Gasteiger partial charge in [-0.15, -0.1) is 0 Å². The average molecular weight is 315 g/mol. The number of carbonyl (C=O) groups is 1. The van der Waals surface area contributed by atoms with Crippen molar-refractivity contribution < 1.29 is 9.32 Å². The first-order chi connectivity index (χ1) is 10.7. The number of hydrazine groups is 1. The highest BCUT2D eigenvalue weighted by molar-refractivity contribution is 6.30. The Hall–Kier alpha value is -2.70. The van der Waals surface area contributed by atoms with Crippen molar-refractivity contribution in [1.82, 2.24) is 15.6 Å². The molecule has 3 rings (SSSR count). The summed E-state index contributed by atoms with van der Waals surface area (Å²) in [5.41, 5.74) is 3.68. The standard InChI is InChI=1S/C15H11ClN4O2/c16-10-5-3-4-9(8-10)13-18-15(22-20-13)12-7-2-1-6-11(12)14(21)19-17/h1-8H,17H2,(H,19,21). The summed E-state index contributed by atoms with van der Waals surface area (Å²) < 4.78 is 5.26. The predicted molar refractivity (Wildman–Crippen MR) is 81.8 cm³/mol. The summed E-state index contributed by atoms with van der Waals surface area (Å²) in [6, 6.07) is 13.9. The van der Waals surface area contributed by atoms with Gasteiger partial charge in [0.25, 0.3) is 11.8 Å². The first-order valence-corrected chi connectivity index (χ1v) is 6.77. The molecule has 22 heavy (non-hydrogen) atoms. The van der Waals surface area contributed by atoms with Crippen molar-refractivity contribution in [3.05, 3.63) is 59.1 Å². The van der Waals surface area contributed by atoms with Crippen LogP contribution in [0, 0.1) is 0 Å². The van der Waals surface area contributed by atoms with Crippen molar-refractivity contribution in [3.8, 4) is 22.8 Å². The summed E-state index contributed by atoms with van der Waals surface area (Å²) in [6.07, 6.45) is 0. The number of amides is 1. The third kappa shape index (κ3) is 2.69. The molecule has 0 atom stereocenters. The van der Waals surface area contributed by atoms with Gasteiger partial charge in [-0.25, -0.2) is 5.84 Å². The van der Waals surface area contributed by atoms with E-state index in [4.69, 9.17) is 22.0 Å². The maximum Gasteiger partial charge on any atom is 0.265 e. The van der Waals surface area contributed by atoms with Gasteiger partial charge in [-0.05, 0) is 24.3 Å². The number of nitrogens with two attached hydrogens (primary N) is 1. The fraction of sp³-hybridized carbons (Fsp3) is 0. The molecule has 110 valence electrons. The molecule has 0 saturated carbocycles. The molecule has 0 unspecified atom stereocenters. The van der Waals surface area contributed by atoms with E-state index in [1.165, 1.54) is 0 Å². The fourth-order valence-corrected chi connectivity index (χ4v) is 2.21. The van der Waals surface area contributed by atoms with Gasteiger partial charge in [0.2, 0.25) is 5.82 Å². The molecule has 0 radical (unpaired) electrons. The van der Waals surface area contributed by atoms with Crippen LogP contribution >= 0.6 is 11.6 Å². The van der Waals surface area contributed by atoms with Crippen LogP contribution in [0.5, 0.6) is 0 Å². The number of halogens is 1. The van der Waals surface area contributed by atoms with Crippen LogP contribution < -0.4 is 11.3 Å². The number of nitrogen functional groups attached to an aromatic ring is 1. The lowest BCUT2D eigenvalue weighted by Crippen LogP contribution is -2.30. The summed E-state index contributed by atoms with van der Waals surface area (Å²) in [4.78, 5) is 16.1. The van der Waals surface area contributed by atoms with Gasteiger partial charge in [0.05, 0.1) is 11.1 Å². The summed E-state index contributed by atoms with van der Waals surface area (Å²) in [7, 11) is 0. The van der Waals surface area contributed by atoms with Crippen molar-refractivity contribution in [2.75, 3.05) is 0 Å². The molecule has 0 fully saturated rings. The smallest absolute Gasteiger partial charge is 0.265 e. The molecular weight excluding hydrogens is 304 g/mol. The molecule has 3 N–H and O–H groups in total. The Morgan fingerprint density at radius 1 is 1.18 bits per heavy atom. The Morgan fingerprint density at radius 2 is 2.00 bits per heavy atom. The van der Waals surface area contributed by atoms with Crippen LogP contribution in [0.4, 0.5) is 0 Å². The lowest BCUT2D eigenvalue weighted by molar-refractivity contribution is 0.0954. The Balaban J connectivity index is 2.03. The highest BCUT2D eigenvalue weighted by atomic mass is 35.5. The van der Waals surface area contributed by atoms with Gasteiger partial charge in [0.15, 0.2) is 0 Å². The van der Waals surface area contributed by atoms with Crippen molar-refractivity contribution in [1.29, 1.82) is 0 Å². The van der Waals surface area contributed by atoms with Crippen molar-refractivity contribution >= 4 is 17.5 Å². The van der Waals surface area contributed by atoms with Crippen molar-refractivity contribution in [2.24, 2.45) is 5.84 Å². The van der Waals surface area contributed by atoms with Crippen molar-refractivity contribution in [3.63, 3.8) is 0 Å². The Bertz CT molecular complexity index is 832. The van der Waals surface area contributed by atoms with Gasteiger partial charge in [0.1, 0.15) is 0 Å². The molecule has 1 amide bonds. The maximum atomic E-state index is 11.8. The maximum absolute atomic E-state index is 11.8. The lowest BCUT2D eigenvalue weighted by atomic mass is 10.1. The van der Waals surface area contributed by atoms with E-state index in [0.29, 0.717) is 22.0 Å². The largest absolute Gasteiger partial charge is 0.334 e. The van der Waals surface area contributed by atoms with E-state index in [9.17, 15) is 4.79 Å². The fourth-order valence-electron chi connectivity index (χ4n) is 2.02. The second-order valence-corrected chi connectivity index (χ2v) is 4.89. The molecule has 6 nitrogen and oxygen atoms in total. The van der Waals surface area contributed by atoms with Crippen LogP contribution in [0.25, 0.3) is 22.8 Å². The third-order valence-corrected chi connectivity index (χ3v) is 3.28. The minimum absolute atomic E-state index is 0.231. The second kappa shape index (κ2) is 5.97. The molecule has 2 aromatic carbocycles. The lowest BCUT2D eigenvalue weighted by Gasteiger charge is -2.03. The first-order valence-electron chi connectivity index (χ1n) is 6.39. The Kier molecular flexibility index (Phi) is 3.86. The number of rotatable bonds is 3. The summed E-state index contributed by atoms with van der Waals surface area (Å²) in [5.74, 6) is 5.37. The SMILES string of the molecule is NNC(=O)c1ccccc1-c1nc(-c2cccc(Cl)c2)no1. The van der Waals surface area contributed by atoms with E-state index >= 15 is 0 Å². The highest BCUT2D eigenvalue weighted by Gasteiger charge is 2.17. The molecule has 0 aliphatic carbocycles.